The Morgan fingerprint density at radius 1 is 1.21 bits per heavy atom. The number of furan rings is 1. The highest BCUT2D eigenvalue weighted by molar-refractivity contribution is 9.10. The predicted octanol–water partition coefficient (Wildman–Crippen LogP) is 5.74. The summed E-state index contributed by atoms with van der Waals surface area (Å²) in [5.41, 5.74) is 4.99. The summed E-state index contributed by atoms with van der Waals surface area (Å²) < 4.78 is 8.27. The number of hydrazone groups is 1. The van der Waals surface area contributed by atoms with E-state index in [9.17, 15) is 4.79 Å². The van der Waals surface area contributed by atoms with Crippen LogP contribution in [0.15, 0.2) is 62.7 Å². The van der Waals surface area contributed by atoms with Crippen molar-refractivity contribution in [1.82, 2.24) is 14.8 Å². The summed E-state index contributed by atoms with van der Waals surface area (Å²) in [7, 11) is 0. The van der Waals surface area contributed by atoms with Gasteiger partial charge >= 0.3 is 0 Å². The van der Waals surface area contributed by atoms with Crippen LogP contribution >= 0.6 is 39.1 Å². The van der Waals surface area contributed by atoms with Crippen molar-refractivity contribution in [3.05, 3.63) is 80.3 Å². The molecule has 0 saturated carbocycles. The lowest BCUT2D eigenvalue weighted by molar-refractivity contribution is 0.0948. The molecule has 0 aliphatic rings. The number of fused-ring (bicyclic) bond motifs is 1. The third-order valence-corrected chi connectivity index (χ3v) is 5.37. The van der Waals surface area contributed by atoms with Crippen molar-refractivity contribution in [1.29, 1.82) is 0 Å². The second-order valence-electron chi connectivity index (χ2n) is 6.15. The Kier molecular flexibility index (Phi) is 5.45. The molecular formula is C20H13BrCl2N4O2. The van der Waals surface area contributed by atoms with Crippen LogP contribution in [0.3, 0.4) is 0 Å². The molecule has 0 bridgehead atoms. The normalized spacial score (nSPS) is 11.4. The van der Waals surface area contributed by atoms with Gasteiger partial charge < -0.3 is 4.42 Å². The third kappa shape index (κ3) is 4.07. The van der Waals surface area contributed by atoms with Gasteiger partial charge in [-0.1, -0.05) is 23.2 Å². The van der Waals surface area contributed by atoms with Crippen LogP contribution in [0.2, 0.25) is 10.0 Å². The highest BCUT2D eigenvalue weighted by atomic mass is 79.9. The molecule has 0 saturated heterocycles. The Labute approximate surface area is 184 Å². The maximum absolute atomic E-state index is 12.6. The van der Waals surface area contributed by atoms with Gasteiger partial charge in [0.25, 0.3) is 5.91 Å². The molecule has 3 heterocycles. The summed E-state index contributed by atoms with van der Waals surface area (Å²) in [5, 5.41) is 4.90. The minimum atomic E-state index is -0.374. The van der Waals surface area contributed by atoms with Crippen molar-refractivity contribution in [2.24, 2.45) is 5.10 Å². The minimum absolute atomic E-state index is 0.374. The van der Waals surface area contributed by atoms with Crippen LogP contribution in [0.25, 0.3) is 17.0 Å². The number of halogens is 3. The van der Waals surface area contributed by atoms with Crippen molar-refractivity contribution in [2.45, 2.75) is 6.92 Å². The molecule has 0 aliphatic carbocycles. The molecule has 0 fully saturated rings. The number of carbonyl (C=O) groups excluding carboxylic acids is 1. The maximum Gasteiger partial charge on any atom is 0.290 e. The first-order chi connectivity index (χ1) is 13.9. The first-order valence-electron chi connectivity index (χ1n) is 8.45. The van der Waals surface area contributed by atoms with Gasteiger partial charge in [0.15, 0.2) is 0 Å². The summed E-state index contributed by atoms with van der Waals surface area (Å²) in [6.45, 7) is 1.77. The lowest BCUT2D eigenvalue weighted by atomic mass is 10.2. The number of imidazole rings is 1. The molecule has 3 aromatic heterocycles. The number of pyridine rings is 1. The van der Waals surface area contributed by atoms with E-state index in [4.69, 9.17) is 27.6 Å². The Morgan fingerprint density at radius 2 is 2.03 bits per heavy atom. The zero-order valence-electron chi connectivity index (χ0n) is 15.0. The van der Waals surface area contributed by atoms with Gasteiger partial charge in [-0.25, -0.2) is 10.4 Å². The Bertz CT molecular complexity index is 1260. The second-order valence-corrected chi connectivity index (χ2v) is 7.88. The standard InChI is InChI=1S/C20H13BrCl2N4O2/c1-11-19(27-10-13(21)3-7-18(27)25-11)20(28)26-24-9-14-4-6-17(29-14)12-2-5-15(22)16(23)8-12/h2-10H,1H3,(H,26,28)/b24-9+. The number of aromatic nitrogens is 2. The van der Waals surface area contributed by atoms with Crippen LogP contribution in [0.4, 0.5) is 0 Å². The largest absolute Gasteiger partial charge is 0.455 e. The van der Waals surface area contributed by atoms with Crippen LogP contribution in [0, 0.1) is 6.92 Å². The van der Waals surface area contributed by atoms with E-state index in [0.29, 0.717) is 38.6 Å². The summed E-state index contributed by atoms with van der Waals surface area (Å²) in [5.74, 6) is 0.711. The van der Waals surface area contributed by atoms with Crippen molar-refractivity contribution < 1.29 is 9.21 Å². The van der Waals surface area contributed by atoms with Crippen LogP contribution < -0.4 is 5.43 Å². The number of benzene rings is 1. The fraction of sp³-hybridized carbons (Fsp3) is 0.0500. The molecule has 1 aromatic carbocycles. The molecule has 0 spiro atoms. The fourth-order valence-electron chi connectivity index (χ4n) is 2.84. The molecule has 0 unspecified atom stereocenters. The summed E-state index contributed by atoms with van der Waals surface area (Å²) in [4.78, 5) is 17.0. The van der Waals surface area contributed by atoms with Gasteiger partial charge in [0.05, 0.1) is 22.0 Å². The third-order valence-electron chi connectivity index (χ3n) is 4.16. The summed E-state index contributed by atoms with van der Waals surface area (Å²) >= 11 is 15.4. The van der Waals surface area contributed by atoms with E-state index in [1.54, 1.807) is 47.9 Å². The SMILES string of the molecule is Cc1nc2ccc(Br)cn2c1C(=O)N/N=C/c1ccc(-c2ccc(Cl)c(Cl)c2)o1. The first-order valence-corrected chi connectivity index (χ1v) is 10.00. The van der Waals surface area contributed by atoms with Crippen LogP contribution in [0.5, 0.6) is 0 Å². The second kappa shape index (κ2) is 8.02. The van der Waals surface area contributed by atoms with Gasteiger partial charge in [-0.05, 0) is 65.3 Å². The number of carbonyl (C=O) groups is 1. The van der Waals surface area contributed by atoms with Gasteiger partial charge in [-0.3, -0.25) is 9.20 Å². The zero-order chi connectivity index (χ0) is 20.5. The molecule has 0 radical (unpaired) electrons. The van der Waals surface area contributed by atoms with Crippen molar-refractivity contribution >= 4 is 56.9 Å². The molecule has 1 N–H and O–H groups in total. The van der Waals surface area contributed by atoms with Crippen LogP contribution in [-0.2, 0) is 0 Å². The quantitative estimate of drug-likeness (QED) is 0.292. The van der Waals surface area contributed by atoms with Crippen LogP contribution in [-0.4, -0.2) is 21.5 Å². The zero-order valence-corrected chi connectivity index (χ0v) is 18.1. The number of amides is 1. The van der Waals surface area contributed by atoms with E-state index >= 15 is 0 Å². The molecule has 29 heavy (non-hydrogen) atoms. The Hall–Kier alpha value is -2.61. The topological polar surface area (TPSA) is 71.9 Å². The van der Waals surface area contributed by atoms with E-state index in [1.807, 2.05) is 12.1 Å². The molecule has 0 aliphatic heterocycles. The Balaban J connectivity index is 1.50. The predicted molar refractivity (Wildman–Crippen MR) is 117 cm³/mol. The number of nitrogens with one attached hydrogen (secondary N) is 1. The molecule has 146 valence electrons. The average Bonchev–Trinajstić information content (AvgIpc) is 3.27. The molecule has 1 amide bonds. The molecule has 4 aromatic rings. The highest BCUT2D eigenvalue weighted by Crippen LogP contribution is 2.29. The van der Waals surface area contributed by atoms with E-state index in [2.05, 4.69) is 31.4 Å². The lowest BCUT2D eigenvalue weighted by Crippen LogP contribution is -2.20. The molecule has 9 heteroatoms. The number of aryl methyl sites for hydroxylation is 1. The first kappa shape index (κ1) is 19.7. The number of rotatable bonds is 4. The molecule has 0 atom stereocenters. The smallest absolute Gasteiger partial charge is 0.290 e. The number of nitrogens with zero attached hydrogens (tertiary/aromatic N) is 3. The average molecular weight is 492 g/mol. The van der Waals surface area contributed by atoms with Crippen molar-refractivity contribution in [3.63, 3.8) is 0 Å². The van der Waals surface area contributed by atoms with Gasteiger partial charge in [-0.15, -0.1) is 0 Å². The summed E-state index contributed by atoms with van der Waals surface area (Å²) in [6, 6.07) is 12.4. The summed E-state index contributed by atoms with van der Waals surface area (Å²) in [6.07, 6.45) is 3.21. The van der Waals surface area contributed by atoms with Crippen LogP contribution in [0.1, 0.15) is 21.9 Å². The van der Waals surface area contributed by atoms with E-state index in [0.717, 1.165) is 10.0 Å². The minimum Gasteiger partial charge on any atom is -0.455 e. The Morgan fingerprint density at radius 3 is 2.83 bits per heavy atom. The van der Waals surface area contributed by atoms with Crippen molar-refractivity contribution in [3.8, 4) is 11.3 Å². The number of hydrogen-bond acceptors (Lipinski definition) is 4. The molecular weight excluding hydrogens is 479 g/mol. The van der Waals surface area contributed by atoms with Gasteiger partial charge in [0.2, 0.25) is 0 Å². The monoisotopic (exact) mass is 490 g/mol. The van der Waals surface area contributed by atoms with E-state index in [1.165, 1.54) is 6.21 Å². The van der Waals surface area contributed by atoms with Gasteiger partial charge in [0, 0.05) is 16.2 Å². The van der Waals surface area contributed by atoms with E-state index < -0.39 is 0 Å². The highest BCUT2D eigenvalue weighted by Gasteiger charge is 2.16. The van der Waals surface area contributed by atoms with Gasteiger partial charge in [-0.2, -0.15) is 5.10 Å². The fourth-order valence-corrected chi connectivity index (χ4v) is 3.48. The lowest BCUT2D eigenvalue weighted by Gasteiger charge is -2.02. The molecule has 6 nitrogen and oxygen atoms in total. The van der Waals surface area contributed by atoms with E-state index in [-0.39, 0.29) is 5.91 Å². The maximum atomic E-state index is 12.6. The van der Waals surface area contributed by atoms with Gasteiger partial charge in [0.1, 0.15) is 22.9 Å². The molecule has 4 rings (SSSR count). The number of hydrogen-bond donors (Lipinski definition) is 1. The van der Waals surface area contributed by atoms with Crippen molar-refractivity contribution in [2.75, 3.05) is 0 Å².